The molecule has 47 heavy (non-hydrogen) atoms. The van der Waals surface area contributed by atoms with E-state index in [0.717, 1.165) is 49.0 Å². The first-order chi connectivity index (χ1) is 22.8. The molecular formula is C34H50N2O11. The number of benzene rings is 1. The van der Waals surface area contributed by atoms with E-state index in [0.29, 0.717) is 61.5 Å². The molecule has 7 rings (SSSR count). The smallest absolute Gasteiger partial charge is 0.418 e. The van der Waals surface area contributed by atoms with Gasteiger partial charge in [0.1, 0.15) is 36.8 Å². The van der Waals surface area contributed by atoms with E-state index in [-0.39, 0.29) is 19.1 Å². The van der Waals surface area contributed by atoms with Gasteiger partial charge in [0.2, 0.25) is 6.29 Å². The van der Waals surface area contributed by atoms with Gasteiger partial charge in [0, 0.05) is 43.2 Å². The van der Waals surface area contributed by atoms with E-state index in [1.54, 1.807) is 17.7 Å². The summed E-state index contributed by atoms with van der Waals surface area (Å²) < 4.78 is 35.2. The van der Waals surface area contributed by atoms with E-state index in [9.17, 15) is 25.2 Å². The number of nitrogens with zero attached hydrogens (tertiary/aromatic N) is 2. The molecule has 11 atom stereocenters. The summed E-state index contributed by atoms with van der Waals surface area (Å²) in [6, 6.07) is 5.69. The van der Waals surface area contributed by atoms with E-state index in [1.807, 2.05) is 12.1 Å². The maximum Gasteiger partial charge on any atom is 0.418 e. The Labute approximate surface area is 275 Å². The van der Waals surface area contributed by atoms with E-state index < -0.39 is 43.4 Å². The number of aliphatic hydroxyl groups is 4. The molecule has 1 aromatic carbocycles. The maximum absolute atomic E-state index is 13.9. The highest BCUT2D eigenvalue weighted by Gasteiger charge is 2.53. The van der Waals surface area contributed by atoms with Crippen molar-refractivity contribution in [2.45, 2.75) is 75.8 Å². The molecule has 3 unspecified atom stereocenters. The van der Waals surface area contributed by atoms with Gasteiger partial charge in [0.15, 0.2) is 0 Å². The summed E-state index contributed by atoms with van der Waals surface area (Å²) >= 11 is 0. The summed E-state index contributed by atoms with van der Waals surface area (Å²) in [5.74, 6) is 2.24. The fraction of sp³-hybridized carbons (Fsp3) is 0.735. The molecule has 4 bridgehead atoms. The third-order valence-electron chi connectivity index (χ3n) is 10.8. The summed E-state index contributed by atoms with van der Waals surface area (Å²) in [6.45, 7) is 8.24. The third-order valence-corrected chi connectivity index (χ3v) is 10.8. The number of ether oxygens (including phenoxy) is 6. The molecule has 13 heteroatoms. The predicted octanol–water partition coefficient (Wildman–Crippen LogP) is 1.49. The molecule has 0 radical (unpaired) electrons. The van der Waals surface area contributed by atoms with Crippen molar-refractivity contribution < 1.29 is 53.6 Å². The van der Waals surface area contributed by atoms with E-state index in [1.165, 1.54) is 0 Å². The van der Waals surface area contributed by atoms with Crippen LogP contribution in [0, 0.1) is 17.8 Å². The normalized spacial score (nSPS) is 34.7. The standard InChI is InChI=1S/C34H50N2O11/c1-4-22-19(2)20-15-25-28(22)35(17-20)8-7-23-24-16-21(46-33-32(40)31(39)30(38)27(18-37)47-33)5-6-26(24)36(29(23)25)34(41)45-14-13-44-12-11-43-10-9-42-3/h5-6,16,19-20,22,25,27-28,30-33,37-40H,4,7-15,17-18H2,1-3H3/t19-,20-,22-,25+,27+,28?,30+,31-,32+,33?/m0/s1. The Morgan fingerprint density at radius 2 is 1.77 bits per heavy atom. The molecule has 4 aliphatic heterocycles. The number of piperidine rings is 2. The first-order valence-electron chi connectivity index (χ1n) is 17.0. The summed E-state index contributed by atoms with van der Waals surface area (Å²) in [4.78, 5) is 16.6. The van der Waals surface area contributed by atoms with Crippen molar-refractivity contribution in [3.8, 4) is 5.75 Å². The van der Waals surface area contributed by atoms with Crippen LogP contribution in [-0.4, -0.2) is 139 Å². The number of rotatable bonds is 13. The molecule has 2 aromatic rings. The minimum absolute atomic E-state index is 0.0983. The zero-order valence-electron chi connectivity index (χ0n) is 27.5. The lowest BCUT2D eigenvalue weighted by Crippen LogP contribution is -2.60. The van der Waals surface area contributed by atoms with Gasteiger partial charge in [-0.1, -0.05) is 20.3 Å². The van der Waals surface area contributed by atoms with E-state index >= 15 is 0 Å². The second-order valence-corrected chi connectivity index (χ2v) is 13.3. The third kappa shape index (κ3) is 6.66. The zero-order valence-corrected chi connectivity index (χ0v) is 27.5. The topological polar surface area (TPSA) is 162 Å². The van der Waals surface area contributed by atoms with E-state index in [4.69, 9.17) is 28.4 Å². The number of hydrogen-bond donors (Lipinski definition) is 4. The Bertz CT molecular complexity index is 1370. The summed E-state index contributed by atoms with van der Waals surface area (Å²) in [7, 11) is 1.62. The van der Waals surface area contributed by atoms with Crippen molar-refractivity contribution >= 4 is 17.0 Å². The summed E-state index contributed by atoms with van der Waals surface area (Å²) in [6.07, 6.45) is -4.56. The van der Waals surface area contributed by atoms with Gasteiger partial charge in [-0.25, -0.2) is 9.36 Å². The monoisotopic (exact) mass is 662 g/mol. The lowest BCUT2D eigenvalue weighted by molar-refractivity contribution is -0.277. The molecular weight excluding hydrogens is 612 g/mol. The molecule has 5 aliphatic rings. The number of aliphatic hydroxyl groups excluding tert-OH is 4. The Morgan fingerprint density at radius 3 is 2.49 bits per heavy atom. The van der Waals surface area contributed by atoms with Gasteiger partial charge in [-0.15, -0.1) is 0 Å². The van der Waals surface area contributed by atoms with Crippen LogP contribution >= 0.6 is 0 Å². The summed E-state index contributed by atoms with van der Waals surface area (Å²) in [5.41, 5.74) is 2.80. The number of aromatic nitrogens is 1. The molecule has 0 spiro atoms. The first-order valence-corrected chi connectivity index (χ1v) is 17.0. The van der Waals surface area contributed by atoms with Crippen LogP contribution in [0.25, 0.3) is 10.9 Å². The van der Waals surface area contributed by atoms with Gasteiger partial charge in [-0.05, 0) is 54.4 Å². The van der Waals surface area contributed by atoms with Crippen LogP contribution in [0.1, 0.15) is 43.9 Å². The number of carbonyl (C=O) groups is 1. The lowest BCUT2D eigenvalue weighted by atomic mass is 9.60. The second-order valence-electron chi connectivity index (χ2n) is 13.3. The minimum atomic E-state index is -1.55. The van der Waals surface area contributed by atoms with Crippen LogP contribution in [0.4, 0.5) is 4.79 Å². The SMILES string of the molecule is CC[C@@H]1C2[C@H]3C[C@@H](CN2CCc2c3n(C(=O)OCCOCCOCCOC)c3ccc(OC4O[C@H](CO)[C@@H](O)[C@H](O)[C@H]4O)cc23)[C@@H]1C. The Balaban J connectivity index is 1.28. The van der Waals surface area contributed by atoms with Gasteiger partial charge in [0.05, 0.1) is 45.2 Å². The molecule has 4 N–H and O–H groups in total. The van der Waals surface area contributed by atoms with Crippen molar-refractivity contribution in [1.82, 2.24) is 9.47 Å². The van der Waals surface area contributed by atoms with Crippen LogP contribution in [0.2, 0.25) is 0 Å². The first kappa shape index (κ1) is 34.5. The molecule has 1 aliphatic carbocycles. The molecule has 13 nitrogen and oxygen atoms in total. The fourth-order valence-corrected chi connectivity index (χ4v) is 8.50. The molecule has 1 saturated carbocycles. The van der Waals surface area contributed by atoms with Gasteiger partial charge >= 0.3 is 6.09 Å². The van der Waals surface area contributed by atoms with Crippen LogP contribution < -0.4 is 4.74 Å². The molecule has 3 saturated heterocycles. The highest BCUT2D eigenvalue weighted by atomic mass is 16.7. The highest BCUT2D eigenvalue weighted by molar-refractivity contribution is 5.95. The maximum atomic E-state index is 13.9. The average Bonchev–Trinajstić information content (AvgIpc) is 3.35. The van der Waals surface area contributed by atoms with Crippen LogP contribution in [0.3, 0.4) is 0 Å². The van der Waals surface area contributed by atoms with Gasteiger partial charge in [0.25, 0.3) is 0 Å². The van der Waals surface area contributed by atoms with Crippen LogP contribution in [0.5, 0.6) is 5.75 Å². The number of fused-ring (bicyclic) bond motifs is 4. The van der Waals surface area contributed by atoms with Gasteiger partial charge in [-0.2, -0.15) is 0 Å². The molecule has 4 fully saturated rings. The number of methoxy groups -OCH3 is 1. The number of carbonyl (C=O) groups excluding carboxylic acids is 1. The second kappa shape index (κ2) is 15.1. The quantitative estimate of drug-likeness (QED) is 0.229. The Morgan fingerprint density at radius 1 is 1.02 bits per heavy atom. The van der Waals surface area contributed by atoms with Crippen LogP contribution in [0.15, 0.2) is 18.2 Å². The van der Waals surface area contributed by atoms with E-state index in [2.05, 4.69) is 18.7 Å². The fourth-order valence-electron chi connectivity index (χ4n) is 8.50. The van der Waals surface area contributed by atoms with Gasteiger partial charge in [-0.3, -0.25) is 4.90 Å². The largest absolute Gasteiger partial charge is 0.462 e. The molecule has 5 heterocycles. The summed E-state index contributed by atoms with van der Waals surface area (Å²) in [5, 5.41) is 41.5. The highest BCUT2D eigenvalue weighted by Crippen LogP contribution is 2.54. The van der Waals surface area contributed by atoms with Crippen molar-refractivity contribution in [3.63, 3.8) is 0 Å². The van der Waals surface area contributed by atoms with Crippen molar-refractivity contribution in [2.24, 2.45) is 17.8 Å². The van der Waals surface area contributed by atoms with Crippen LogP contribution in [-0.2, 0) is 30.1 Å². The average molecular weight is 663 g/mol. The van der Waals surface area contributed by atoms with Crippen molar-refractivity contribution in [2.75, 3.05) is 66.4 Å². The van der Waals surface area contributed by atoms with Crippen molar-refractivity contribution in [3.05, 3.63) is 29.5 Å². The lowest BCUT2D eigenvalue weighted by Gasteiger charge is -2.56. The molecule has 262 valence electrons. The zero-order chi connectivity index (χ0) is 33.2. The Kier molecular flexibility index (Phi) is 11.1. The molecule has 1 aromatic heterocycles. The predicted molar refractivity (Wildman–Crippen MR) is 169 cm³/mol. The minimum Gasteiger partial charge on any atom is -0.462 e. The van der Waals surface area contributed by atoms with Crippen molar-refractivity contribution in [1.29, 1.82) is 0 Å². The van der Waals surface area contributed by atoms with Gasteiger partial charge < -0.3 is 48.8 Å². The molecule has 0 amide bonds. The Hall–Kier alpha value is -2.33. The number of hydrogen-bond acceptors (Lipinski definition) is 12.